The minimum atomic E-state index is -3.43. The summed E-state index contributed by atoms with van der Waals surface area (Å²) >= 11 is 0. The molecule has 0 fully saturated rings. The van der Waals surface area contributed by atoms with Crippen LogP contribution in [0.4, 0.5) is 0 Å². The van der Waals surface area contributed by atoms with Gasteiger partial charge in [0.1, 0.15) is 6.61 Å². The van der Waals surface area contributed by atoms with Gasteiger partial charge >= 0.3 is 0 Å². The minimum Gasteiger partial charge on any atom is -0.489 e. The number of ether oxygens (including phenoxy) is 1. The van der Waals surface area contributed by atoms with Gasteiger partial charge in [0.15, 0.2) is 5.76 Å². The first-order valence-corrected chi connectivity index (χ1v) is 4.40. The first-order valence-electron chi connectivity index (χ1n) is 2.90. The highest BCUT2D eigenvalue weighted by molar-refractivity contribution is 7.93. The Bertz CT molecular complexity index is 290. The van der Waals surface area contributed by atoms with Crippen molar-refractivity contribution in [1.29, 1.82) is 0 Å². The summed E-state index contributed by atoms with van der Waals surface area (Å²) in [6.07, 6.45) is 1.10. The van der Waals surface area contributed by atoms with Crippen molar-refractivity contribution in [3.05, 3.63) is 11.2 Å². The summed E-state index contributed by atoms with van der Waals surface area (Å²) in [5.41, 5.74) is 0. The summed E-state index contributed by atoms with van der Waals surface area (Å²) in [6, 6.07) is 0. The highest BCUT2D eigenvalue weighted by atomic mass is 32.2. The Hall–Kier alpha value is -0.880. The van der Waals surface area contributed by atoms with E-state index in [0.29, 0.717) is 0 Å². The quantitative estimate of drug-likeness (QED) is 0.615. The van der Waals surface area contributed by atoms with Crippen molar-refractivity contribution in [2.45, 2.75) is 0 Å². The highest BCUT2D eigenvalue weighted by Crippen LogP contribution is 2.08. The molecule has 0 spiro atoms. The van der Waals surface area contributed by atoms with Gasteiger partial charge in [-0.2, -0.15) is 12.8 Å². The topological polar surface area (TPSA) is 76.0 Å². The monoisotopic (exact) mass is 177 g/mol. The lowest BCUT2D eigenvalue weighted by Crippen LogP contribution is -1.98. The predicted molar refractivity (Wildman–Crippen MR) is 38.5 cm³/mol. The van der Waals surface area contributed by atoms with Crippen molar-refractivity contribution >= 4 is 16.2 Å². The lowest BCUT2D eigenvalue weighted by atomic mass is 10.6. The number of hydrogen-bond acceptors (Lipinski definition) is 4. The molecular formula is C5H7NO4S. The fourth-order valence-electron chi connectivity index (χ4n) is 0.568. The molecular weight excluding hydrogens is 170 g/mol. The van der Waals surface area contributed by atoms with Gasteiger partial charge < -0.3 is 9.84 Å². The van der Waals surface area contributed by atoms with Crippen molar-refractivity contribution in [3.8, 4) is 0 Å². The van der Waals surface area contributed by atoms with E-state index in [9.17, 15) is 8.42 Å². The molecule has 5 nitrogen and oxygen atoms in total. The Kier molecular flexibility index (Phi) is 2.25. The van der Waals surface area contributed by atoms with E-state index in [4.69, 9.17) is 9.84 Å². The molecule has 0 atom stereocenters. The number of allylic oxidation sites excluding steroid dienone is 1. The molecule has 0 amide bonds. The molecule has 0 aromatic heterocycles. The third kappa shape index (κ3) is 2.32. The van der Waals surface area contributed by atoms with Gasteiger partial charge in [-0.3, -0.25) is 0 Å². The van der Waals surface area contributed by atoms with E-state index in [1.165, 1.54) is 0 Å². The van der Waals surface area contributed by atoms with E-state index >= 15 is 0 Å². The minimum absolute atomic E-state index is 0.0768. The third-order valence-electron chi connectivity index (χ3n) is 0.952. The Balaban J connectivity index is 2.59. The summed E-state index contributed by atoms with van der Waals surface area (Å²) < 4.78 is 29.1. The van der Waals surface area contributed by atoms with E-state index in [0.717, 1.165) is 11.6 Å². The second-order valence-electron chi connectivity index (χ2n) is 1.84. The maximum absolute atomic E-state index is 10.6. The average molecular weight is 177 g/mol. The fourth-order valence-corrected chi connectivity index (χ4v) is 1.30. The van der Waals surface area contributed by atoms with Crippen LogP contribution >= 0.6 is 0 Å². The van der Waals surface area contributed by atoms with Gasteiger partial charge in [0.05, 0.1) is 18.2 Å². The standard InChI is InChI=1S/C5H7NO4S/c7-1-2-10-5-3-6-11(8,9)4-5/h3-4,7H,1-2H2. The van der Waals surface area contributed by atoms with Crippen molar-refractivity contribution in [3.63, 3.8) is 0 Å². The largest absolute Gasteiger partial charge is 0.489 e. The fraction of sp³-hybridized carbons (Fsp3) is 0.400. The van der Waals surface area contributed by atoms with Gasteiger partial charge in [0.25, 0.3) is 10.0 Å². The summed E-state index contributed by atoms with van der Waals surface area (Å²) in [6.45, 7) is -0.0708. The lowest BCUT2D eigenvalue weighted by Gasteiger charge is -1.98. The van der Waals surface area contributed by atoms with Crippen LogP contribution in [0, 0.1) is 0 Å². The summed E-state index contributed by atoms with van der Waals surface area (Å²) in [5, 5.41) is 9.22. The Morgan fingerprint density at radius 2 is 2.36 bits per heavy atom. The molecule has 0 bridgehead atoms. The molecule has 11 heavy (non-hydrogen) atoms. The van der Waals surface area contributed by atoms with Gasteiger partial charge in [-0.15, -0.1) is 0 Å². The van der Waals surface area contributed by atoms with E-state index < -0.39 is 10.0 Å². The summed E-state index contributed by atoms with van der Waals surface area (Å²) in [5.74, 6) is 0.166. The van der Waals surface area contributed by atoms with Crippen molar-refractivity contribution < 1.29 is 18.3 Å². The van der Waals surface area contributed by atoms with Crippen molar-refractivity contribution in [2.75, 3.05) is 13.2 Å². The maximum atomic E-state index is 10.6. The van der Waals surface area contributed by atoms with Crippen LogP contribution in [0.3, 0.4) is 0 Å². The maximum Gasteiger partial charge on any atom is 0.279 e. The van der Waals surface area contributed by atoms with E-state index in [-0.39, 0.29) is 19.0 Å². The van der Waals surface area contributed by atoms with Crippen molar-refractivity contribution in [2.24, 2.45) is 4.40 Å². The summed E-state index contributed by atoms with van der Waals surface area (Å²) in [4.78, 5) is 0. The van der Waals surface area contributed by atoms with Crippen LogP contribution in [-0.2, 0) is 14.8 Å². The SMILES string of the molecule is O=S1(=O)C=C(OCCO)C=N1. The third-order valence-corrected chi connectivity index (χ3v) is 1.88. The number of nitrogens with zero attached hydrogens (tertiary/aromatic N) is 1. The van der Waals surface area contributed by atoms with Crippen LogP contribution in [0.15, 0.2) is 15.6 Å². The molecule has 1 rings (SSSR count). The zero-order valence-corrected chi connectivity index (χ0v) is 6.41. The Morgan fingerprint density at radius 3 is 2.82 bits per heavy atom. The molecule has 0 radical (unpaired) electrons. The molecule has 6 heteroatoms. The molecule has 0 saturated heterocycles. The van der Waals surface area contributed by atoms with Crippen LogP contribution in [0.25, 0.3) is 0 Å². The molecule has 0 unspecified atom stereocenters. The molecule has 0 aromatic carbocycles. The van der Waals surface area contributed by atoms with Gasteiger partial charge in [0, 0.05) is 0 Å². The smallest absolute Gasteiger partial charge is 0.279 e. The molecule has 0 aromatic rings. The van der Waals surface area contributed by atoms with Crippen LogP contribution in [0.5, 0.6) is 0 Å². The second kappa shape index (κ2) is 3.02. The summed E-state index contributed by atoms with van der Waals surface area (Å²) in [7, 11) is -3.43. The molecule has 0 saturated carbocycles. The zero-order chi connectivity index (χ0) is 8.32. The van der Waals surface area contributed by atoms with Crippen LogP contribution < -0.4 is 0 Å². The van der Waals surface area contributed by atoms with Gasteiger partial charge in [0.2, 0.25) is 0 Å². The first kappa shape index (κ1) is 8.22. The van der Waals surface area contributed by atoms with E-state index in [1.807, 2.05) is 0 Å². The van der Waals surface area contributed by atoms with Gasteiger partial charge in [-0.25, -0.2) is 0 Å². The highest BCUT2D eigenvalue weighted by Gasteiger charge is 2.12. The molecule has 62 valence electrons. The van der Waals surface area contributed by atoms with E-state index in [2.05, 4.69) is 4.40 Å². The van der Waals surface area contributed by atoms with Crippen LogP contribution in [-0.4, -0.2) is 33.0 Å². The van der Waals surface area contributed by atoms with Crippen molar-refractivity contribution in [1.82, 2.24) is 0 Å². The average Bonchev–Trinajstić information content (AvgIpc) is 2.26. The second-order valence-corrected chi connectivity index (χ2v) is 3.32. The molecule has 1 aliphatic rings. The first-order chi connectivity index (χ1) is 5.14. The number of hydrogen-bond donors (Lipinski definition) is 1. The molecule has 1 aliphatic heterocycles. The van der Waals surface area contributed by atoms with Gasteiger partial charge in [-0.1, -0.05) is 0 Å². The normalized spacial score (nSPS) is 19.9. The zero-order valence-electron chi connectivity index (χ0n) is 5.60. The van der Waals surface area contributed by atoms with Crippen LogP contribution in [0.2, 0.25) is 0 Å². The Labute approximate surface area is 64.1 Å². The lowest BCUT2D eigenvalue weighted by molar-refractivity contribution is 0.157. The number of rotatable bonds is 3. The molecule has 0 aliphatic carbocycles. The van der Waals surface area contributed by atoms with Crippen LogP contribution in [0.1, 0.15) is 0 Å². The number of sulfonamides is 1. The van der Waals surface area contributed by atoms with E-state index in [1.54, 1.807) is 0 Å². The van der Waals surface area contributed by atoms with Gasteiger partial charge in [-0.05, 0) is 0 Å². The number of aliphatic hydroxyl groups excluding tert-OH is 1. The molecule has 1 N–H and O–H groups in total. The Morgan fingerprint density at radius 1 is 1.64 bits per heavy atom. The molecule has 1 heterocycles. The predicted octanol–water partition coefficient (Wildman–Crippen LogP) is -0.749. The number of aliphatic hydroxyl groups is 1.